The lowest BCUT2D eigenvalue weighted by molar-refractivity contribution is -0.122. The minimum Gasteiger partial charge on any atom is -0.302 e. The molecule has 2 heterocycles. The van der Waals surface area contributed by atoms with E-state index in [2.05, 4.69) is 29.4 Å². The minimum absolute atomic E-state index is 0.0927. The zero-order valence-corrected chi connectivity index (χ0v) is 17.3. The molecule has 1 aliphatic heterocycles. The second-order valence-corrected chi connectivity index (χ2v) is 8.49. The lowest BCUT2D eigenvalue weighted by atomic mass is 10.1. The standard InChI is InChI=1S/C19H19N3O2S3/c1-2-13-5-7-14(8-6-13)12-15-17(24)22(19(25)27-15)10-3-4-16(23)21-18-20-9-11-26-18/h5-9,11-12H,2-4,10H2,1H3,(H,20,21,23)/b15-12+. The number of benzene rings is 1. The van der Waals surface area contributed by atoms with Crippen LogP contribution in [0.4, 0.5) is 5.13 Å². The Bertz CT molecular complexity index is 861. The van der Waals surface area contributed by atoms with Gasteiger partial charge in [0.1, 0.15) is 4.32 Å². The maximum absolute atomic E-state index is 12.6. The van der Waals surface area contributed by atoms with E-state index in [0.29, 0.717) is 33.7 Å². The van der Waals surface area contributed by atoms with Gasteiger partial charge in [-0.1, -0.05) is 55.2 Å². The second kappa shape index (κ2) is 9.25. The van der Waals surface area contributed by atoms with Crippen molar-refractivity contribution in [2.45, 2.75) is 26.2 Å². The molecule has 27 heavy (non-hydrogen) atoms. The number of aromatic nitrogens is 1. The van der Waals surface area contributed by atoms with Crippen molar-refractivity contribution in [2.75, 3.05) is 11.9 Å². The highest BCUT2D eigenvalue weighted by atomic mass is 32.2. The van der Waals surface area contributed by atoms with E-state index < -0.39 is 0 Å². The van der Waals surface area contributed by atoms with Crippen LogP contribution >= 0.6 is 35.3 Å². The predicted octanol–water partition coefficient (Wildman–Crippen LogP) is 4.33. The Morgan fingerprint density at radius 1 is 1.33 bits per heavy atom. The summed E-state index contributed by atoms with van der Waals surface area (Å²) in [4.78, 5) is 30.7. The third-order valence-corrected chi connectivity index (χ3v) is 6.09. The summed E-state index contributed by atoms with van der Waals surface area (Å²) in [5.74, 6) is -0.202. The van der Waals surface area contributed by atoms with Crippen molar-refractivity contribution in [3.05, 3.63) is 51.9 Å². The van der Waals surface area contributed by atoms with E-state index >= 15 is 0 Å². The molecule has 3 rings (SSSR count). The first-order valence-corrected chi connectivity index (χ1v) is 10.7. The number of amides is 2. The van der Waals surface area contributed by atoms with Crippen LogP contribution in [0.1, 0.15) is 30.9 Å². The summed E-state index contributed by atoms with van der Waals surface area (Å²) in [5.41, 5.74) is 2.24. The summed E-state index contributed by atoms with van der Waals surface area (Å²) >= 11 is 8.03. The van der Waals surface area contributed by atoms with Gasteiger partial charge in [-0.2, -0.15) is 0 Å². The fourth-order valence-electron chi connectivity index (χ4n) is 2.56. The first kappa shape index (κ1) is 19.7. The van der Waals surface area contributed by atoms with Crippen LogP contribution in [0.25, 0.3) is 6.08 Å². The van der Waals surface area contributed by atoms with Crippen molar-refractivity contribution in [3.8, 4) is 0 Å². The molecule has 5 nitrogen and oxygen atoms in total. The number of thiocarbonyl (C=S) groups is 1. The predicted molar refractivity (Wildman–Crippen MR) is 116 cm³/mol. The van der Waals surface area contributed by atoms with E-state index in [1.54, 1.807) is 16.5 Å². The van der Waals surface area contributed by atoms with E-state index in [-0.39, 0.29) is 11.8 Å². The highest BCUT2D eigenvalue weighted by Crippen LogP contribution is 2.32. The molecule has 1 aliphatic rings. The number of carbonyl (C=O) groups is 2. The average molecular weight is 418 g/mol. The molecule has 8 heteroatoms. The normalized spacial score (nSPS) is 15.6. The van der Waals surface area contributed by atoms with Crippen molar-refractivity contribution in [1.29, 1.82) is 0 Å². The van der Waals surface area contributed by atoms with E-state index in [4.69, 9.17) is 12.2 Å². The molecule has 1 saturated heterocycles. The van der Waals surface area contributed by atoms with Crippen molar-refractivity contribution in [2.24, 2.45) is 0 Å². The van der Waals surface area contributed by atoms with Crippen LogP contribution in [0, 0.1) is 0 Å². The fourth-order valence-corrected chi connectivity index (χ4v) is 4.41. The van der Waals surface area contributed by atoms with Crippen LogP contribution in [-0.4, -0.2) is 32.6 Å². The van der Waals surface area contributed by atoms with Crippen LogP contribution in [-0.2, 0) is 16.0 Å². The number of aryl methyl sites for hydroxylation is 1. The SMILES string of the molecule is CCc1ccc(/C=C2/SC(=S)N(CCCC(=O)Nc3nccs3)C2=O)cc1. The Balaban J connectivity index is 1.54. The van der Waals surface area contributed by atoms with Gasteiger partial charge in [0, 0.05) is 24.5 Å². The molecular weight excluding hydrogens is 398 g/mol. The molecule has 0 aliphatic carbocycles. The van der Waals surface area contributed by atoms with Gasteiger partial charge in [0.15, 0.2) is 5.13 Å². The van der Waals surface area contributed by atoms with Crippen LogP contribution in [0.3, 0.4) is 0 Å². The molecular formula is C19H19N3O2S3. The van der Waals surface area contributed by atoms with Gasteiger partial charge in [-0.05, 0) is 30.0 Å². The van der Waals surface area contributed by atoms with Gasteiger partial charge in [-0.3, -0.25) is 14.5 Å². The van der Waals surface area contributed by atoms with Crippen LogP contribution < -0.4 is 5.32 Å². The minimum atomic E-state index is -0.109. The number of hydrogen-bond acceptors (Lipinski definition) is 6. The van der Waals surface area contributed by atoms with Gasteiger partial charge in [0.25, 0.3) is 5.91 Å². The highest BCUT2D eigenvalue weighted by molar-refractivity contribution is 8.26. The quantitative estimate of drug-likeness (QED) is 0.537. The number of nitrogens with one attached hydrogen (secondary N) is 1. The second-order valence-electron chi connectivity index (χ2n) is 5.92. The Kier molecular flexibility index (Phi) is 6.76. The zero-order chi connectivity index (χ0) is 19.2. The first-order chi connectivity index (χ1) is 13.1. The molecule has 0 unspecified atom stereocenters. The van der Waals surface area contributed by atoms with Gasteiger partial charge in [-0.25, -0.2) is 4.98 Å². The summed E-state index contributed by atoms with van der Waals surface area (Å²) in [6.07, 6.45) is 5.35. The number of carbonyl (C=O) groups excluding carboxylic acids is 2. The van der Waals surface area contributed by atoms with Crippen molar-refractivity contribution in [3.63, 3.8) is 0 Å². The fraction of sp³-hybridized carbons (Fsp3) is 0.263. The van der Waals surface area contributed by atoms with E-state index in [1.807, 2.05) is 18.2 Å². The van der Waals surface area contributed by atoms with E-state index in [0.717, 1.165) is 12.0 Å². The van der Waals surface area contributed by atoms with Crippen LogP contribution in [0.5, 0.6) is 0 Å². The smallest absolute Gasteiger partial charge is 0.266 e. The van der Waals surface area contributed by atoms with Crippen LogP contribution in [0.15, 0.2) is 40.7 Å². The first-order valence-electron chi connectivity index (χ1n) is 8.60. The summed E-state index contributed by atoms with van der Waals surface area (Å²) in [5, 5.41) is 5.13. The molecule has 1 fully saturated rings. The Hall–Kier alpha value is -2.03. The molecule has 1 N–H and O–H groups in total. The van der Waals surface area contributed by atoms with E-state index in [9.17, 15) is 9.59 Å². The number of rotatable bonds is 7. The average Bonchev–Trinajstić information content (AvgIpc) is 3.26. The molecule has 0 radical (unpaired) electrons. The maximum atomic E-state index is 12.6. The van der Waals surface area contributed by atoms with Crippen molar-refractivity contribution >= 4 is 62.7 Å². The lowest BCUT2D eigenvalue weighted by Crippen LogP contribution is -2.29. The zero-order valence-electron chi connectivity index (χ0n) is 14.8. The number of anilines is 1. The molecule has 0 atom stereocenters. The molecule has 2 aromatic rings. The number of thiazole rings is 1. The Morgan fingerprint density at radius 2 is 2.11 bits per heavy atom. The monoisotopic (exact) mass is 417 g/mol. The van der Waals surface area contributed by atoms with Crippen LogP contribution in [0.2, 0.25) is 0 Å². The van der Waals surface area contributed by atoms with Gasteiger partial charge in [0.2, 0.25) is 5.91 Å². The number of hydrogen-bond donors (Lipinski definition) is 1. The topological polar surface area (TPSA) is 62.3 Å². The molecule has 0 spiro atoms. The molecule has 0 saturated carbocycles. The van der Waals surface area contributed by atoms with Gasteiger partial charge >= 0.3 is 0 Å². The summed E-state index contributed by atoms with van der Waals surface area (Å²) in [6, 6.07) is 8.14. The molecule has 2 amide bonds. The molecule has 0 bridgehead atoms. The third-order valence-electron chi connectivity index (χ3n) is 4.02. The van der Waals surface area contributed by atoms with Crippen molar-refractivity contribution < 1.29 is 9.59 Å². The molecule has 1 aromatic carbocycles. The highest BCUT2D eigenvalue weighted by Gasteiger charge is 2.31. The number of nitrogens with zero attached hydrogens (tertiary/aromatic N) is 2. The summed E-state index contributed by atoms with van der Waals surface area (Å²) < 4.78 is 0.539. The summed E-state index contributed by atoms with van der Waals surface area (Å²) in [6.45, 7) is 2.54. The van der Waals surface area contributed by atoms with Gasteiger partial charge in [-0.15, -0.1) is 11.3 Å². The lowest BCUT2D eigenvalue weighted by Gasteiger charge is -2.13. The number of thioether (sulfide) groups is 1. The Labute approximate surface area is 171 Å². The summed E-state index contributed by atoms with van der Waals surface area (Å²) in [7, 11) is 0. The van der Waals surface area contributed by atoms with Gasteiger partial charge < -0.3 is 5.32 Å². The van der Waals surface area contributed by atoms with E-state index in [1.165, 1.54) is 28.7 Å². The van der Waals surface area contributed by atoms with Crippen molar-refractivity contribution in [1.82, 2.24) is 9.88 Å². The Morgan fingerprint density at radius 3 is 2.78 bits per heavy atom. The molecule has 140 valence electrons. The molecule has 1 aromatic heterocycles. The maximum Gasteiger partial charge on any atom is 0.266 e. The third kappa shape index (κ3) is 5.24. The largest absolute Gasteiger partial charge is 0.302 e. The van der Waals surface area contributed by atoms with Gasteiger partial charge in [0.05, 0.1) is 4.91 Å².